The number of carbonyl (C=O) groups excluding carboxylic acids is 6. The molecule has 0 aromatic heterocycles. The minimum atomic E-state index is -1.10. The zero-order valence-corrected chi connectivity index (χ0v) is 24.7. The van der Waals surface area contributed by atoms with Gasteiger partial charge in [0.25, 0.3) is 5.91 Å². The smallest absolute Gasteiger partial charge is 0.328 e. The molecule has 12 heteroatoms. The number of nitrogens with one attached hydrogen (secondary N) is 3. The Labute approximate surface area is 241 Å². The molecular weight excluding hydrogens is 530 g/mol. The number of rotatable bonds is 13. The van der Waals surface area contributed by atoms with Crippen molar-refractivity contribution in [3.8, 4) is 0 Å². The summed E-state index contributed by atoms with van der Waals surface area (Å²) in [6.07, 6.45) is 5.04. The topological polar surface area (TPSA) is 177 Å². The van der Waals surface area contributed by atoms with Gasteiger partial charge in [-0.15, -0.1) is 0 Å². The maximum atomic E-state index is 13.9. The Bertz CT molecular complexity index is 1080. The third-order valence-electron chi connectivity index (χ3n) is 8.60. The molecular formula is C29H45N5O7. The highest BCUT2D eigenvalue weighted by Gasteiger charge is 2.58. The summed E-state index contributed by atoms with van der Waals surface area (Å²) in [7, 11) is 0. The molecule has 0 spiro atoms. The van der Waals surface area contributed by atoms with E-state index in [9.17, 15) is 28.8 Å². The van der Waals surface area contributed by atoms with E-state index in [1.807, 2.05) is 20.8 Å². The van der Waals surface area contributed by atoms with Gasteiger partial charge in [0.2, 0.25) is 17.6 Å². The molecule has 1 saturated heterocycles. The van der Waals surface area contributed by atoms with Crippen LogP contribution in [0.25, 0.3) is 0 Å². The molecule has 1 aliphatic heterocycles. The van der Waals surface area contributed by atoms with Crippen molar-refractivity contribution in [3.63, 3.8) is 0 Å². The highest BCUT2D eigenvalue weighted by Crippen LogP contribution is 2.50. The monoisotopic (exact) mass is 575 g/mol. The Morgan fingerprint density at radius 1 is 0.951 bits per heavy atom. The van der Waals surface area contributed by atoms with Crippen LogP contribution in [0.5, 0.6) is 0 Å². The van der Waals surface area contributed by atoms with E-state index in [1.54, 1.807) is 13.8 Å². The molecule has 228 valence electrons. The number of hydrogen-bond acceptors (Lipinski definition) is 7. The van der Waals surface area contributed by atoms with Crippen LogP contribution in [-0.4, -0.2) is 77.7 Å². The summed E-state index contributed by atoms with van der Waals surface area (Å²) in [6.45, 7) is 9.72. The number of Topliss-reactive ketones (excluding diaryl/α,β-unsaturated/α-hetero) is 1. The van der Waals surface area contributed by atoms with Gasteiger partial charge in [-0.25, -0.2) is 9.59 Å². The lowest BCUT2D eigenvalue weighted by Crippen LogP contribution is -2.62. The van der Waals surface area contributed by atoms with Gasteiger partial charge < -0.3 is 31.3 Å². The minimum Gasteiger partial charge on any atom is -0.464 e. The predicted octanol–water partition coefficient (Wildman–Crippen LogP) is 0.864. The number of fused-ring (bicyclic) bond motifs is 1. The highest BCUT2D eigenvalue weighted by atomic mass is 16.5. The number of nitrogens with two attached hydrogens (primary N) is 1. The van der Waals surface area contributed by atoms with E-state index in [0.29, 0.717) is 25.5 Å². The van der Waals surface area contributed by atoms with E-state index >= 15 is 0 Å². The van der Waals surface area contributed by atoms with Gasteiger partial charge in [-0.3, -0.25) is 19.2 Å². The minimum absolute atomic E-state index is 0.0507. The number of carbonyl (C=O) groups is 6. The van der Waals surface area contributed by atoms with Crippen molar-refractivity contribution >= 4 is 35.5 Å². The molecule has 0 bridgehead atoms. The van der Waals surface area contributed by atoms with Crippen LogP contribution in [0, 0.1) is 35.0 Å². The van der Waals surface area contributed by atoms with Crippen molar-refractivity contribution in [3.05, 3.63) is 0 Å². The molecule has 4 fully saturated rings. The maximum absolute atomic E-state index is 13.9. The zero-order chi connectivity index (χ0) is 30.2. The van der Waals surface area contributed by atoms with Crippen LogP contribution in [0.3, 0.4) is 0 Å². The summed E-state index contributed by atoms with van der Waals surface area (Å²) in [6, 6.07) is -4.39. The van der Waals surface area contributed by atoms with Gasteiger partial charge in [0.15, 0.2) is 0 Å². The second kappa shape index (κ2) is 12.0. The molecule has 5 amide bonds. The summed E-state index contributed by atoms with van der Waals surface area (Å²) in [5.74, 6) is -2.84. The Morgan fingerprint density at radius 2 is 1.59 bits per heavy atom. The number of ether oxygens (including phenoxy) is 1. The van der Waals surface area contributed by atoms with E-state index in [2.05, 4.69) is 16.0 Å². The van der Waals surface area contributed by atoms with Gasteiger partial charge in [-0.2, -0.15) is 0 Å². The van der Waals surface area contributed by atoms with Crippen LogP contribution in [0.2, 0.25) is 0 Å². The number of nitrogens with zero attached hydrogens (tertiary/aromatic N) is 1. The first-order chi connectivity index (χ1) is 19.2. The molecule has 0 aromatic rings. The molecule has 3 aliphatic carbocycles. The summed E-state index contributed by atoms with van der Waals surface area (Å²) in [5, 5.41) is 8.14. The number of urea groups is 1. The SMILES string of the molecule is CC(C)[C@H](NC(=O)N[C@H](C(=O)N1C[C@@H]2C[C@@H]2[C@H]1C(=O)NC(CC1CC1)C(=O)C(N)=O)C(C)(C)C)C(=O)OCC1CC1. The summed E-state index contributed by atoms with van der Waals surface area (Å²) >= 11 is 0. The first-order valence-electron chi connectivity index (χ1n) is 14.9. The number of hydrogen-bond donors (Lipinski definition) is 4. The Balaban J connectivity index is 1.43. The van der Waals surface area contributed by atoms with Crippen LogP contribution in [0.1, 0.15) is 73.1 Å². The first kappa shape index (κ1) is 30.8. The lowest BCUT2D eigenvalue weighted by molar-refractivity contribution is -0.147. The van der Waals surface area contributed by atoms with Crippen LogP contribution >= 0.6 is 0 Å². The maximum Gasteiger partial charge on any atom is 0.328 e. The molecule has 1 unspecified atom stereocenters. The van der Waals surface area contributed by atoms with Gasteiger partial charge in [-0.05, 0) is 60.7 Å². The normalized spacial score (nSPS) is 25.4. The molecule has 12 nitrogen and oxygen atoms in total. The second-order valence-corrected chi connectivity index (χ2v) is 13.8. The van der Waals surface area contributed by atoms with Crippen LogP contribution in [0.4, 0.5) is 4.79 Å². The number of ketones is 1. The fraction of sp³-hybridized carbons (Fsp3) is 0.793. The zero-order valence-electron chi connectivity index (χ0n) is 24.7. The van der Waals surface area contributed by atoms with Crippen molar-refractivity contribution in [2.45, 2.75) is 97.3 Å². The molecule has 6 atom stereocenters. The van der Waals surface area contributed by atoms with Crippen LogP contribution in [-0.2, 0) is 28.7 Å². The number of esters is 1. The molecule has 0 radical (unpaired) electrons. The summed E-state index contributed by atoms with van der Waals surface area (Å²) in [4.78, 5) is 78.7. The Kier molecular flexibility index (Phi) is 8.98. The Hall–Kier alpha value is -3.18. The van der Waals surface area contributed by atoms with Crippen molar-refractivity contribution in [2.75, 3.05) is 13.2 Å². The largest absolute Gasteiger partial charge is 0.464 e. The van der Waals surface area contributed by atoms with E-state index in [-0.39, 0.29) is 23.7 Å². The summed E-state index contributed by atoms with van der Waals surface area (Å²) < 4.78 is 5.39. The molecule has 3 saturated carbocycles. The first-order valence-corrected chi connectivity index (χ1v) is 14.9. The predicted molar refractivity (Wildman–Crippen MR) is 148 cm³/mol. The molecule has 41 heavy (non-hydrogen) atoms. The average Bonchev–Trinajstić information content (AvgIpc) is 3.77. The Morgan fingerprint density at radius 3 is 2.12 bits per heavy atom. The van der Waals surface area contributed by atoms with Crippen molar-refractivity contribution in [1.82, 2.24) is 20.9 Å². The van der Waals surface area contributed by atoms with Gasteiger partial charge >= 0.3 is 12.0 Å². The average molecular weight is 576 g/mol. The molecule has 4 rings (SSSR count). The summed E-state index contributed by atoms with van der Waals surface area (Å²) in [5.41, 5.74) is 4.51. The van der Waals surface area contributed by atoms with Crippen LogP contribution in [0.15, 0.2) is 0 Å². The number of piperidine rings is 1. The van der Waals surface area contributed by atoms with E-state index in [0.717, 1.165) is 32.1 Å². The fourth-order valence-electron chi connectivity index (χ4n) is 5.58. The number of amides is 5. The molecule has 1 heterocycles. The van der Waals surface area contributed by atoms with Gasteiger partial charge in [0.05, 0.1) is 12.6 Å². The van der Waals surface area contributed by atoms with Crippen molar-refractivity contribution < 1.29 is 33.5 Å². The standard InChI is InChI=1S/C29H45N5O7/c1-14(2)20(27(39)41-13-16-8-9-16)32-28(40)33-23(29(3,4)5)26(38)34-12-17-11-18(17)21(34)25(37)31-19(10-15-6-7-15)22(35)24(30)36/h14-21,23H,6-13H2,1-5H3,(H2,30,36)(H,31,37)(H2,32,33,40)/t17-,18-,19?,20-,21-,23+/m0/s1. The van der Waals surface area contributed by atoms with E-state index in [1.165, 1.54) is 4.90 Å². The van der Waals surface area contributed by atoms with Gasteiger partial charge in [0, 0.05) is 6.54 Å². The molecule has 4 aliphatic rings. The van der Waals surface area contributed by atoms with Crippen LogP contribution < -0.4 is 21.7 Å². The molecule has 5 N–H and O–H groups in total. The van der Waals surface area contributed by atoms with E-state index < -0.39 is 65.1 Å². The van der Waals surface area contributed by atoms with E-state index in [4.69, 9.17) is 10.5 Å². The van der Waals surface area contributed by atoms with Gasteiger partial charge in [0.1, 0.15) is 18.1 Å². The third kappa shape index (κ3) is 7.77. The number of likely N-dealkylation sites (tertiary alicyclic amines) is 1. The lowest BCUT2D eigenvalue weighted by Gasteiger charge is -2.37. The molecule has 0 aromatic carbocycles. The van der Waals surface area contributed by atoms with Gasteiger partial charge in [-0.1, -0.05) is 47.5 Å². The third-order valence-corrected chi connectivity index (χ3v) is 8.60. The lowest BCUT2D eigenvalue weighted by atomic mass is 9.85. The number of primary amides is 1. The second-order valence-electron chi connectivity index (χ2n) is 13.8. The van der Waals surface area contributed by atoms with Crippen molar-refractivity contribution in [1.29, 1.82) is 0 Å². The van der Waals surface area contributed by atoms with Crippen molar-refractivity contribution in [2.24, 2.45) is 40.7 Å². The quantitative estimate of drug-likeness (QED) is 0.186. The fourth-order valence-corrected chi connectivity index (χ4v) is 5.58. The highest BCUT2D eigenvalue weighted by molar-refractivity contribution is 6.37.